The summed E-state index contributed by atoms with van der Waals surface area (Å²) in [4.78, 5) is 9.59. The molecule has 0 aliphatic carbocycles. The van der Waals surface area contributed by atoms with Gasteiger partial charge in [0.05, 0.1) is 0 Å². The molecule has 3 nitrogen and oxygen atoms in total. The molecule has 2 rings (SSSR count). The van der Waals surface area contributed by atoms with E-state index >= 15 is 0 Å². The van der Waals surface area contributed by atoms with Gasteiger partial charge in [0.25, 0.3) is 0 Å². The van der Waals surface area contributed by atoms with Crippen molar-refractivity contribution in [2.45, 2.75) is 13.3 Å². The number of para-hydroxylation sites is 1. The number of primary amides is 1. The van der Waals surface area contributed by atoms with Crippen LogP contribution in [0.4, 0.5) is 0 Å². The molecule has 0 saturated carbocycles. The van der Waals surface area contributed by atoms with E-state index in [1.165, 1.54) is 0 Å². The van der Waals surface area contributed by atoms with E-state index in [0.29, 0.717) is 12.2 Å². The predicted molar refractivity (Wildman–Crippen MR) is 73.0 cm³/mol. The number of hydrogen-bond donors (Lipinski definition) is 2. The van der Waals surface area contributed by atoms with E-state index in [9.17, 15) is 9.90 Å². The third-order valence-electron chi connectivity index (χ3n) is 2.34. The van der Waals surface area contributed by atoms with Crippen molar-refractivity contribution in [3.63, 3.8) is 0 Å². The molecular formula is C15H17NO2. The highest BCUT2D eigenvalue weighted by Crippen LogP contribution is 2.27. The van der Waals surface area contributed by atoms with Gasteiger partial charge in [-0.1, -0.05) is 55.5 Å². The molecule has 2 aromatic carbocycles. The highest BCUT2D eigenvalue weighted by atomic mass is 16.3. The van der Waals surface area contributed by atoms with Crippen molar-refractivity contribution < 1.29 is 9.90 Å². The van der Waals surface area contributed by atoms with Gasteiger partial charge < -0.3 is 10.8 Å². The molecule has 0 aliphatic rings. The minimum atomic E-state index is -0.245. The first-order valence-electron chi connectivity index (χ1n) is 5.77. The molecule has 94 valence electrons. The molecule has 0 heterocycles. The second-order valence-corrected chi connectivity index (χ2v) is 3.70. The van der Waals surface area contributed by atoms with E-state index < -0.39 is 0 Å². The Balaban J connectivity index is 0.000000280. The number of amides is 1. The average molecular weight is 243 g/mol. The minimum Gasteiger partial charge on any atom is -0.507 e. The van der Waals surface area contributed by atoms with Gasteiger partial charge >= 0.3 is 0 Å². The molecule has 0 aromatic heterocycles. The summed E-state index contributed by atoms with van der Waals surface area (Å²) in [5.74, 6) is 0.0821. The maximum absolute atomic E-state index is 9.59. The van der Waals surface area contributed by atoms with Gasteiger partial charge in [-0.05, 0) is 11.6 Å². The Morgan fingerprint density at radius 3 is 2.06 bits per heavy atom. The molecule has 0 bridgehead atoms. The maximum Gasteiger partial charge on any atom is 0.217 e. The lowest BCUT2D eigenvalue weighted by atomic mass is 10.1. The summed E-state index contributed by atoms with van der Waals surface area (Å²) in [6, 6.07) is 17.2. The number of phenolic OH excluding ortho intramolecular Hbond substituents is 1. The van der Waals surface area contributed by atoms with Crippen LogP contribution in [0, 0.1) is 0 Å². The molecule has 2 aromatic rings. The smallest absolute Gasteiger partial charge is 0.217 e. The van der Waals surface area contributed by atoms with E-state index in [-0.39, 0.29) is 5.91 Å². The molecule has 0 saturated heterocycles. The first-order valence-corrected chi connectivity index (χ1v) is 5.77. The number of benzene rings is 2. The van der Waals surface area contributed by atoms with Crippen molar-refractivity contribution in [2.24, 2.45) is 5.73 Å². The quantitative estimate of drug-likeness (QED) is 0.851. The van der Waals surface area contributed by atoms with Crippen LogP contribution in [0.2, 0.25) is 0 Å². The number of carbonyl (C=O) groups excluding carboxylic acids is 1. The highest BCUT2D eigenvalue weighted by molar-refractivity contribution is 5.73. The number of phenols is 1. The number of hydrogen-bond acceptors (Lipinski definition) is 2. The lowest BCUT2D eigenvalue weighted by Crippen LogP contribution is -2.06. The zero-order valence-electron chi connectivity index (χ0n) is 10.3. The molecule has 0 atom stereocenters. The Morgan fingerprint density at radius 2 is 1.56 bits per heavy atom. The van der Waals surface area contributed by atoms with Crippen molar-refractivity contribution in [2.75, 3.05) is 0 Å². The van der Waals surface area contributed by atoms with Crippen molar-refractivity contribution >= 4 is 5.91 Å². The van der Waals surface area contributed by atoms with Gasteiger partial charge in [0.15, 0.2) is 0 Å². The summed E-state index contributed by atoms with van der Waals surface area (Å²) in [7, 11) is 0. The van der Waals surface area contributed by atoms with Crippen LogP contribution in [0.5, 0.6) is 5.75 Å². The second kappa shape index (κ2) is 7.12. The molecule has 18 heavy (non-hydrogen) atoms. The van der Waals surface area contributed by atoms with Crippen LogP contribution in [-0.4, -0.2) is 11.0 Å². The summed E-state index contributed by atoms with van der Waals surface area (Å²) in [6.45, 7) is 1.72. The average Bonchev–Trinajstić information content (AvgIpc) is 2.41. The Hall–Kier alpha value is -2.29. The summed E-state index contributed by atoms with van der Waals surface area (Å²) in [5.41, 5.74) is 6.57. The van der Waals surface area contributed by atoms with Crippen LogP contribution in [-0.2, 0) is 4.79 Å². The van der Waals surface area contributed by atoms with Crippen LogP contribution in [0.15, 0.2) is 54.6 Å². The SMILES string of the molecule is CCC(N)=O.Oc1ccccc1-c1ccccc1. The van der Waals surface area contributed by atoms with E-state index in [4.69, 9.17) is 0 Å². The summed E-state index contributed by atoms with van der Waals surface area (Å²) in [6.07, 6.45) is 0.444. The van der Waals surface area contributed by atoms with Gasteiger partial charge in [-0.3, -0.25) is 4.79 Å². The van der Waals surface area contributed by atoms with E-state index in [1.807, 2.05) is 48.5 Å². The minimum absolute atomic E-state index is 0.245. The van der Waals surface area contributed by atoms with E-state index in [2.05, 4.69) is 5.73 Å². The zero-order valence-corrected chi connectivity index (χ0v) is 10.3. The maximum atomic E-state index is 9.59. The predicted octanol–water partition coefficient (Wildman–Crippen LogP) is 2.94. The molecule has 0 aliphatic heterocycles. The van der Waals surface area contributed by atoms with Crippen molar-refractivity contribution in [1.29, 1.82) is 0 Å². The van der Waals surface area contributed by atoms with Gasteiger partial charge in [0.2, 0.25) is 5.91 Å². The summed E-state index contributed by atoms with van der Waals surface area (Å²) < 4.78 is 0. The fourth-order valence-corrected chi connectivity index (χ4v) is 1.34. The van der Waals surface area contributed by atoms with E-state index in [1.54, 1.807) is 13.0 Å². The largest absolute Gasteiger partial charge is 0.507 e. The van der Waals surface area contributed by atoms with Gasteiger partial charge in [0, 0.05) is 12.0 Å². The number of nitrogens with two attached hydrogens (primary N) is 1. The molecule has 0 unspecified atom stereocenters. The lowest BCUT2D eigenvalue weighted by Gasteiger charge is -2.02. The normalized spacial score (nSPS) is 9.17. The molecule has 3 heteroatoms. The lowest BCUT2D eigenvalue weighted by molar-refractivity contribution is -0.117. The molecule has 0 radical (unpaired) electrons. The number of rotatable bonds is 2. The Labute approximate surface area is 107 Å². The van der Waals surface area contributed by atoms with Crippen molar-refractivity contribution in [3.05, 3.63) is 54.6 Å². The monoisotopic (exact) mass is 243 g/mol. The van der Waals surface area contributed by atoms with Gasteiger partial charge in [-0.25, -0.2) is 0 Å². The van der Waals surface area contributed by atoms with Crippen LogP contribution in [0.3, 0.4) is 0 Å². The fraction of sp³-hybridized carbons (Fsp3) is 0.133. The molecule has 1 amide bonds. The standard InChI is InChI=1S/C12H10O.C3H7NO/c13-12-9-5-4-8-11(12)10-6-2-1-3-7-10;1-2-3(4)5/h1-9,13H;2H2,1H3,(H2,4,5). The Morgan fingerprint density at radius 1 is 1.06 bits per heavy atom. The van der Waals surface area contributed by atoms with Gasteiger partial charge in [0.1, 0.15) is 5.75 Å². The molecular weight excluding hydrogens is 226 g/mol. The van der Waals surface area contributed by atoms with E-state index in [0.717, 1.165) is 11.1 Å². The van der Waals surface area contributed by atoms with Crippen molar-refractivity contribution in [3.8, 4) is 16.9 Å². The number of carbonyl (C=O) groups is 1. The second-order valence-electron chi connectivity index (χ2n) is 3.70. The number of aromatic hydroxyl groups is 1. The Kier molecular flexibility index (Phi) is 5.45. The third kappa shape index (κ3) is 4.29. The van der Waals surface area contributed by atoms with Crippen molar-refractivity contribution in [1.82, 2.24) is 0 Å². The highest BCUT2D eigenvalue weighted by Gasteiger charge is 2.00. The topological polar surface area (TPSA) is 63.3 Å². The Bertz CT molecular complexity index is 495. The first-order chi connectivity index (χ1) is 8.65. The molecule has 3 N–H and O–H groups in total. The van der Waals surface area contributed by atoms with Gasteiger partial charge in [-0.15, -0.1) is 0 Å². The summed E-state index contributed by atoms with van der Waals surface area (Å²) in [5, 5.41) is 9.56. The van der Waals surface area contributed by atoms with Gasteiger partial charge in [-0.2, -0.15) is 0 Å². The third-order valence-corrected chi connectivity index (χ3v) is 2.34. The molecule has 0 spiro atoms. The van der Waals surface area contributed by atoms with Crippen LogP contribution in [0.25, 0.3) is 11.1 Å². The van der Waals surface area contributed by atoms with Crippen LogP contribution < -0.4 is 5.73 Å². The van der Waals surface area contributed by atoms with Crippen LogP contribution >= 0.6 is 0 Å². The first kappa shape index (κ1) is 13.8. The molecule has 0 fully saturated rings. The summed E-state index contributed by atoms with van der Waals surface area (Å²) >= 11 is 0. The van der Waals surface area contributed by atoms with Crippen LogP contribution in [0.1, 0.15) is 13.3 Å². The zero-order chi connectivity index (χ0) is 13.4. The fourth-order valence-electron chi connectivity index (χ4n) is 1.34.